The Hall–Kier alpha value is -1.60. The van der Waals surface area contributed by atoms with Crippen LogP contribution in [0.25, 0.3) is 0 Å². The first-order valence-electron chi connectivity index (χ1n) is 7.20. The Balaban J connectivity index is 2.25. The largest absolute Gasteiger partial charge is 0.388 e. The summed E-state index contributed by atoms with van der Waals surface area (Å²) in [5.41, 5.74) is 8.51. The molecule has 0 aliphatic rings. The van der Waals surface area contributed by atoms with Gasteiger partial charge in [-0.2, -0.15) is 0 Å². The van der Waals surface area contributed by atoms with Crippen molar-refractivity contribution in [3.8, 4) is 0 Å². The molecule has 0 aromatic heterocycles. The van der Waals surface area contributed by atoms with Crippen LogP contribution in [0.2, 0.25) is 0 Å². The van der Waals surface area contributed by atoms with Gasteiger partial charge in [-0.05, 0) is 73.6 Å². The van der Waals surface area contributed by atoms with Crippen LogP contribution in [-0.2, 0) is 6.42 Å². The van der Waals surface area contributed by atoms with E-state index in [1.54, 1.807) is 0 Å². The Bertz CT molecular complexity index is 626. The van der Waals surface area contributed by atoms with E-state index in [-0.39, 0.29) is 0 Å². The lowest BCUT2D eigenvalue weighted by molar-refractivity contribution is 0.177. The Labute approximate surface area is 122 Å². The Morgan fingerprint density at radius 3 is 2.00 bits per heavy atom. The van der Waals surface area contributed by atoms with Gasteiger partial charge in [0.25, 0.3) is 0 Å². The second-order valence-electron chi connectivity index (χ2n) is 5.93. The van der Waals surface area contributed by atoms with Gasteiger partial charge in [-0.15, -0.1) is 0 Å². The van der Waals surface area contributed by atoms with Crippen LogP contribution in [0.4, 0.5) is 0 Å². The highest BCUT2D eigenvalue weighted by atomic mass is 16.3. The molecule has 1 unspecified atom stereocenters. The van der Waals surface area contributed by atoms with Crippen molar-refractivity contribution in [3.63, 3.8) is 0 Å². The zero-order chi connectivity index (χ0) is 14.9. The third-order valence-corrected chi connectivity index (χ3v) is 4.24. The maximum Gasteiger partial charge on any atom is 0.0833 e. The first-order chi connectivity index (χ1) is 9.38. The van der Waals surface area contributed by atoms with E-state index in [0.29, 0.717) is 6.42 Å². The number of rotatable bonds is 3. The fourth-order valence-corrected chi connectivity index (χ4v) is 2.61. The van der Waals surface area contributed by atoms with E-state index < -0.39 is 6.10 Å². The summed E-state index contributed by atoms with van der Waals surface area (Å²) >= 11 is 0. The molecular formula is C19H24O. The van der Waals surface area contributed by atoms with Gasteiger partial charge in [0.15, 0.2) is 0 Å². The quantitative estimate of drug-likeness (QED) is 0.868. The van der Waals surface area contributed by atoms with Gasteiger partial charge in [0.2, 0.25) is 0 Å². The average molecular weight is 268 g/mol. The SMILES string of the molecule is Cc1ccc(CC(O)c2cc(C)c(C)cc2C)cc1C. The summed E-state index contributed by atoms with van der Waals surface area (Å²) in [4.78, 5) is 0. The molecule has 1 atom stereocenters. The maximum atomic E-state index is 10.5. The van der Waals surface area contributed by atoms with Crippen molar-refractivity contribution in [2.75, 3.05) is 0 Å². The number of aliphatic hydroxyl groups is 1. The van der Waals surface area contributed by atoms with E-state index in [1.807, 2.05) is 0 Å². The Morgan fingerprint density at radius 1 is 0.750 bits per heavy atom. The maximum absolute atomic E-state index is 10.5. The fraction of sp³-hybridized carbons (Fsp3) is 0.368. The summed E-state index contributed by atoms with van der Waals surface area (Å²) in [5.74, 6) is 0. The summed E-state index contributed by atoms with van der Waals surface area (Å²) in [6.07, 6.45) is 0.237. The molecule has 1 heteroatoms. The average Bonchev–Trinajstić information content (AvgIpc) is 2.38. The van der Waals surface area contributed by atoms with E-state index in [9.17, 15) is 5.11 Å². The predicted molar refractivity (Wildman–Crippen MR) is 85.2 cm³/mol. The van der Waals surface area contributed by atoms with Crippen molar-refractivity contribution in [1.29, 1.82) is 0 Å². The summed E-state index contributed by atoms with van der Waals surface area (Å²) in [7, 11) is 0. The Kier molecular flexibility index (Phi) is 4.29. The number of hydrogen-bond donors (Lipinski definition) is 1. The molecule has 1 nitrogen and oxygen atoms in total. The van der Waals surface area contributed by atoms with Crippen molar-refractivity contribution < 1.29 is 5.11 Å². The van der Waals surface area contributed by atoms with Crippen LogP contribution in [0.3, 0.4) is 0 Å². The highest BCUT2D eigenvalue weighted by Crippen LogP contribution is 2.25. The summed E-state index contributed by atoms with van der Waals surface area (Å²) in [5, 5.41) is 10.5. The monoisotopic (exact) mass is 268 g/mol. The fourth-order valence-electron chi connectivity index (χ4n) is 2.61. The van der Waals surface area contributed by atoms with Crippen LogP contribution in [0.1, 0.15) is 45.0 Å². The van der Waals surface area contributed by atoms with Crippen LogP contribution in [0.15, 0.2) is 30.3 Å². The lowest BCUT2D eigenvalue weighted by Gasteiger charge is -2.16. The van der Waals surface area contributed by atoms with Gasteiger partial charge in [0.1, 0.15) is 0 Å². The molecule has 0 saturated heterocycles. The van der Waals surface area contributed by atoms with E-state index >= 15 is 0 Å². The van der Waals surface area contributed by atoms with E-state index in [1.165, 1.54) is 33.4 Å². The number of aryl methyl sites for hydroxylation is 5. The van der Waals surface area contributed by atoms with Crippen molar-refractivity contribution in [1.82, 2.24) is 0 Å². The van der Waals surface area contributed by atoms with Gasteiger partial charge in [-0.25, -0.2) is 0 Å². The molecule has 0 aliphatic carbocycles. The van der Waals surface area contributed by atoms with Gasteiger partial charge >= 0.3 is 0 Å². The second-order valence-corrected chi connectivity index (χ2v) is 5.93. The third kappa shape index (κ3) is 3.10. The van der Waals surface area contributed by atoms with Crippen molar-refractivity contribution in [2.45, 2.75) is 47.1 Å². The molecule has 0 spiro atoms. The van der Waals surface area contributed by atoms with Crippen LogP contribution in [-0.4, -0.2) is 5.11 Å². The molecule has 2 aromatic rings. The van der Waals surface area contributed by atoms with Gasteiger partial charge in [-0.3, -0.25) is 0 Å². The van der Waals surface area contributed by atoms with Gasteiger partial charge in [0.05, 0.1) is 6.10 Å². The standard InChI is InChI=1S/C19H24O/c1-12-6-7-17(9-14(12)3)11-19(20)18-10-15(4)13(2)8-16(18)5/h6-10,19-20H,11H2,1-5H3. The number of hydrogen-bond acceptors (Lipinski definition) is 1. The summed E-state index contributed by atoms with van der Waals surface area (Å²) < 4.78 is 0. The van der Waals surface area contributed by atoms with E-state index in [4.69, 9.17) is 0 Å². The van der Waals surface area contributed by atoms with Crippen LogP contribution in [0.5, 0.6) is 0 Å². The third-order valence-electron chi connectivity index (χ3n) is 4.24. The molecule has 2 aromatic carbocycles. The number of benzene rings is 2. The summed E-state index contributed by atoms with van der Waals surface area (Å²) in [6.45, 7) is 10.5. The first kappa shape index (κ1) is 14.8. The first-order valence-corrected chi connectivity index (χ1v) is 7.20. The summed E-state index contributed by atoms with van der Waals surface area (Å²) in [6, 6.07) is 10.7. The normalized spacial score (nSPS) is 12.5. The topological polar surface area (TPSA) is 20.2 Å². The van der Waals surface area contributed by atoms with Crippen LogP contribution in [0, 0.1) is 34.6 Å². The van der Waals surface area contributed by atoms with Gasteiger partial charge in [0, 0.05) is 6.42 Å². The van der Waals surface area contributed by atoms with E-state index in [2.05, 4.69) is 65.0 Å². The molecule has 20 heavy (non-hydrogen) atoms. The molecule has 106 valence electrons. The lowest BCUT2D eigenvalue weighted by Crippen LogP contribution is -2.05. The second kappa shape index (κ2) is 5.80. The molecular weight excluding hydrogens is 244 g/mol. The minimum absolute atomic E-state index is 0.434. The van der Waals surface area contributed by atoms with Crippen molar-refractivity contribution in [2.24, 2.45) is 0 Å². The molecule has 0 fully saturated rings. The van der Waals surface area contributed by atoms with Gasteiger partial charge < -0.3 is 5.11 Å². The molecule has 0 amide bonds. The van der Waals surface area contributed by atoms with E-state index in [0.717, 1.165) is 5.56 Å². The number of aliphatic hydroxyl groups excluding tert-OH is 1. The lowest BCUT2D eigenvalue weighted by atomic mass is 9.93. The minimum Gasteiger partial charge on any atom is -0.388 e. The zero-order valence-electron chi connectivity index (χ0n) is 13.1. The predicted octanol–water partition coefficient (Wildman–Crippen LogP) is 4.50. The smallest absolute Gasteiger partial charge is 0.0833 e. The molecule has 0 radical (unpaired) electrons. The zero-order valence-corrected chi connectivity index (χ0v) is 13.1. The van der Waals surface area contributed by atoms with Gasteiger partial charge in [-0.1, -0.05) is 30.3 Å². The minimum atomic E-state index is -0.434. The molecule has 0 saturated carbocycles. The molecule has 1 N–H and O–H groups in total. The van der Waals surface area contributed by atoms with Crippen LogP contribution < -0.4 is 0 Å². The molecule has 2 rings (SSSR count). The molecule has 0 bridgehead atoms. The van der Waals surface area contributed by atoms with Crippen molar-refractivity contribution in [3.05, 3.63) is 69.3 Å². The highest BCUT2D eigenvalue weighted by molar-refractivity contribution is 5.39. The van der Waals surface area contributed by atoms with Crippen molar-refractivity contribution >= 4 is 0 Å². The Morgan fingerprint density at radius 2 is 1.35 bits per heavy atom. The highest BCUT2D eigenvalue weighted by Gasteiger charge is 2.13. The molecule has 0 heterocycles. The van der Waals surface area contributed by atoms with Crippen LogP contribution >= 0.6 is 0 Å². The molecule has 0 aliphatic heterocycles.